The van der Waals surface area contributed by atoms with Crippen molar-refractivity contribution < 1.29 is 19.4 Å². The molecule has 2 fully saturated rings. The number of rotatable bonds is 9. The molecule has 0 aliphatic heterocycles. The first-order valence-corrected chi connectivity index (χ1v) is 13.9. The van der Waals surface area contributed by atoms with Crippen LogP contribution < -0.4 is 10.5 Å². The zero-order valence-corrected chi connectivity index (χ0v) is 21.3. The van der Waals surface area contributed by atoms with Crippen LogP contribution in [0.1, 0.15) is 80.6 Å². The molecule has 0 radical (unpaired) electrons. The van der Waals surface area contributed by atoms with E-state index in [0.29, 0.717) is 30.7 Å². The Morgan fingerprint density at radius 3 is 2.63 bits per heavy atom. The number of fused-ring (bicyclic) bond motifs is 3. The van der Waals surface area contributed by atoms with E-state index >= 15 is 0 Å². The van der Waals surface area contributed by atoms with Gasteiger partial charge in [0.25, 0.3) is 0 Å². The van der Waals surface area contributed by atoms with Gasteiger partial charge in [0, 0.05) is 16.8 Å². The molecule has 0 bridgehead atoms. The first-order valence-electron chi connectivity index (χ1n) is 13.0. The Morgan fingerprint density at radius 2 is 1.91 bits per heavy atom. The SMILES string of the molecule is CN(CC(=O)C1CCCC1)C1CCC(Oc2ncnc3sc4c(c23)[C@@H](C[C@H](O)C(N)=O)CC4)CC1. The first-order chi connectivity index (χ1) is 16.9. The molecule has 1 amide bonds. The molecule has 3 aliphatic rings. The maximum atomic E-state index is 12.6. The standard InChI is InChI=1S/C26H36N4O4S/c1-30(13-20(32)15-4-2-3-5-15)17-7-9-18(10-8-17)34-25-23-22-16(12-19(31)24(27)33)6-11-21(22)35-26(23)29-14-28-25/h14-19,31H,2-13H2,1H3,(H2,27,33)/t16-,17?,18?,19+/m1/s1. The van der Waals surface area contributed by atoms with Gasteiger partial charge in [-0.05, 0) is 76.3 Å². The molecule has 35 heavy (non-hydrogen) atoms. The van der Waals surface area contributed by atoms with Gasteiger partial charge in [-0.3, -0.25) is 14.5 Å². The number of primary amides is 1. The van der Waals surface area contributed by atoms with Crippen LogP contribution >= 0.6 is 11.3 Å². The quantitative estimate of drug-likeness (QED) is 0.542. The molecule has 0 aromatic carbocycles. The van der Waals surface area contributed by atoms with E-state index in [1.807, 2.05) is 0 Å². The summed E-state index contributed by atoms with van der Waals surface area (Å²) in [6, 6.07) is 0.413. The van der Waals surface area contributed by atoms with E-state index < -0.39 is 12.0 Å². The number of Topliss-reactive ketones (excluding diaryl/α,β-unsaturated/α-hetero) is 1. The fraction of sp³-hybridized carbons (Fsp3) is 0.692. The summed E-state index contributed by atoms with van der Waals surface area (Å²) in [6.45, 7) is 0.562. The van der Waals surface area contributed by atoms with Crippen molar-refractivity contribution in [2.75, 3.05) is 13.6 Å². The largest absolute Gasteiger partial charge is 0.474 e. The molecule has 2 aromatic heterocycles. The van der Waals surface area contributed by atoms with Crippen LogP contribution in [-0.2, 0) is 16.0 Å². The first kappa shape index (κ1) is 24.6. The van der Waals surface area contributed by atoms with Gasteiger partial charge in [0.1, 0.15) is 29.1 Å². The summed E-state index contributed by atoms with van der Waals surface area (Å²) >= 11 is 1.65. The number of carbonyl (C=O) groups is 2. The van der Waals surface area contributed by atoms with Crippen molar-refractivity contribution >= 4 is 33.2 Å². The van der Waals surface area contributed by atoms with Gasteiger partial charge < -0.3 is 15.6 Å². The van der Waals surface area contributed by atoms with Crippen LogP contribution in [0, 0.1) is 5.92 Å². The van der Waals surface area contributed by atoms with Crippen molar-refractivity contribution in [1.29, 1.82) is 0 Å². The number of thiophene rings is 1. The van der Waals surface area contributed by atoms with Crippen LogP contribution in [0.15, 0.2) is 6.33 Å². The van der Waals surface area contributed by atoms with Crippen molar-refractivity contribution in [3.05, 3.63) is 16.8 Å². The predicted molar refractivity (Wildman–Crippen MR) is 135 cm³/mol. The number of nitrogens with zero attached hydrogens (tertiary/aromatic N) is 3. The number of amides is 1. The zero-order valence-electron chi connectivity index (χ0n) is 20.4. The van der Waals surface area contributed by atoms with E-state index in [4.69, 9.17) is 10.5 Å². The second kappa shape index (κ2) is 10.5. The van der Waals surface area contributed by atoms with Gasteiger partial charge in [0.2, 0.25) is 11.8 Å². The van der Waals surface area contributed by atoms with E-state index in [1.54, 1.807) is 17.7 Å². The minimum atomic E-state index is -1.15. The molecule has 2 heterocycles. The van der Waals surface area contributed by atoms with Gasteiger partial charge in [0.05, 0.1) is 11.9 Å². The Hall–Kier alpha value is -2.10. The van der Waals surface area contributed by atoms with Gasteiger partial charge in [0.15, 0.2) is 0 Å². The Balaban J connectivity index is 1.23. The topological polar surface area (TPSA) is 119 Å². The number of ketones is 1. The van der Waals surface area contributed by atoms with Gasteiger partial charge in [-0.2, -0.15) is 0 Å². The number of aliphatic hydroxyl groups excluding tert-OH is 1. The van der Waals surface area contributed by atoms with Crippen LogP contribution in [0.2, 0.25) is 0 Å². The molecule has 0 spiro atoms. The molecule has 0 unspecified atom stereocenters. The molecule has 2 atom stereocenters. The van der Waals surface area contributed by atoms with Crippen LogP contribution in [0.4, 0.5) is 0 Å². The van der Waals surface area contributed by atoms with Crippen molar-refractivity contribution in [1.82, 2.24) is 14.9 Å². The zero-order chi connectivity index (χ0) is 24.5. The van der Waals surface area contributed by atoms with E-state index in [9.17, 15) is 14.7 Å². The third-order valence-corrected chi connectivity index (χ3v) is 9.47. The number of nitrogens with two attached hydrogens (primary N) is 1. The highest BCUT2D eigenvalue weighted by Gasteiger charge is 2.34. The molecular formula is C26H36N4O4S. The number of carbonyl (C=O) groups excluding carboxylic acids is 2. The van der Waals surface area contributed by atoms with E-state index in [-0.39, 0.29) is 17.9 Å². The number of hydrogen-bond acceptors (Lipinski definition) is 8. The molecule has 9 heteroatoms. The van der Waals surface area contributed by atoms with E-state index in [1.165, 1.54) is 17.7 Å². The number of aryl methyl sites for hydroxylation is 1. The summed E-state index contributed by atoms with van der Waals surface area (Å²) in [6.07, 6.45) is 11.0. The molecular weight excluding hydrogens is 464 g/mol. The normalized spacial score (nSPS) is 25.7. The third-order valence-electron chi connectivity index (χ3n) is 8.29. The highest BCUT2D eigenvalue weighted by molar-refractivity contribution is 7.19. The molecule has 2 aromatic rings. The van der Waals surface area contributed by atoms with Gasteiger partial charge >= 0.3 is 0 Å². The lowest BCUT2D eigenvalue weighted by atomic mass is 9.91. The minimum absolute atomic E-state index is 0.0522. The second-order valence-electron chi connectivity index (χ2n) is 10.6. The van der Waals surface area contributed by atoms with Crippen molar-refractivity contribution in [2.24, 2.45) is 11.7 Å². The van der Waals surface area contributed by atoms with Crippen LogP contribution in [0.5, 0.6) is 5.88 Å². The number of hydrogen-bond donors (Lipinski definition) is 2. The number of aromatic nitrogens is 2. The van der Waals surface area contributed by atoms with Crippen molar-refractivity contribution in [3.8, 4) is 5.88 Å². The fourth-order valence-corrected chi connectivity index (χ4v) is 7.50. The van der Waals surface area contributed by atoms with Crippen LogP contribution in [-0.4, -0.2) is 63.5 Å². The summed E-state index contributed by atoms with van der Waals surface area (Å²) < 4.78 is 6.46. The number of aliphatic hydroxyl groups is 1. The Bertz CT molecular complexity index is 1070. The van der Waals surface area contributed by atoms with E-state index in [0.717, 1.165) is 67.1 Å². The second-order valence-corrected chi connectivity index (χ2v) is 11.7. The van der Waals surface area contributed by atoms with Crippen LogP contribution in [0.25, 0.3) is 10.2 Å². The van der Waals surface area contributed by atoms with Crippen molar-refractivity contribution in [2.45, 2.75) is 94.8 Å². The maximum Gasteiger partial charge on any atom is 0.246 e. The van der Waals surface area contributed by atoms with Gasteiger partial charge in [-0.1, -0.05) is 12.8 Å². The van der Waals surface area contributed by atoms with Gasteiger partial charge in [-0.25, -0.2) is 9.97 Å². The minimum Gasteiger partial charge on any atom is -0.474 e. The predicted octanol–water partition coefficient (Wildman–Crippen LogP) is 3.34. The maximum absolute atomic E-state index is 12.6. The highest BCUT2D eigenvalue weighted by Crippen LogP contribution is 2.47. The average Bonchev–Trinajstić information content (AvgIpc) is 3.58. The molecule has 5 rings (SSSR count). The molecule has 190 valence electrons. The summed E-state index contributed by atoms with van der Waals surface area (Å²) in [5.74, 6) is 0.668. The Kier molecular flexibility index (Phi) is 7.37. The summed E-state index contributed by atoms with van der Waals surface area (Å²) in [5.41, 5.74) is 6.43. The molecule has 3 aliphatic carbocycles. The Labute approximate surface area is 210 Å². The number of likely N-dealkylation sites (N-methyl/N-ethyl adjacent to an activating group) is 1. The summed E-state index contributed by atoms with van der Waals surface area (Å²) in [5, 5.41) is 11.0. The lowest BCUT2D eigenvalue weighted by Crippen LogP contribution is -2.41. The van der Waals surface area contributed by atoms with E-state index in [2.05, 4.69) is 21.9 Å². The summed E-state index contributed by atoms with van der Waals surface area (Å²) in [4.78, 5) is 37.4. The van der Waals surface area contributed by atoms with Crippen molar-refractivity contribution in [3.63, 3.8) is 0 Å². The lowest BCUT2D eigenvalue weighted by molar-refractivity contribution is -0.126. The summed E-state index contributed by atoms with van der Waals surface area (Å²) in [7, 11) is 2.09. The van der Waals surface area contributed by atoms with Gasteiger partial charge in [-0.15, -0.1) is 11.3 Å². The smallest absolute Gasteiger partial charge is 0.246 e. The molecule has 3 N–H and O–H groups in total. The Morgan fingerprint density at radius 1 is 1.17 bits per heavy atom. The lowest BCUT2D eigenvalue weighted by Gasteiger charge is -2.34. The third kappa shape index (κ3) is 5.22. The molecule has 0 saturated heterocycles. The average molecular weight is 501 g/mol. The number of ether oxygens (including phenoxy) is 1. The molecule has 8 nitrogen and oxygen atoms in total. The monoisotopic (exact) mass is 500 g/mol. The fourth-order valence-electron chi connectivity index (χ4n) is 6.26. The highest BCUT2D eigenvalue weighted by atomic mass is 32.1. The van der Waals surface area contributed by atoms with Crippen LogP contribution in [0.3, 0.4) is 0 Å². The molecule has 2 saturated carbocycles.